The van der Waals surface area contributed by atoms with Crippen molar-refractivity contribution in [2.45, 2.75) is 45.2 Å². The third-order valence-electron chi connectivity index (χ3n) is 3.84. The maximum absolute atomic E-state index is 14.0. The highest BCUT2D eigenvalue weighted by molar-refractivity contribution is 9.10. The van der Waals surface area contributed by atoms with Gasteiger partial charge in [0.2, 0.25) is 0 Å². The van der Waals surface area contributed by atoms with Gasteiger partial charge in [0.1, 0.15) is 5.82 Å². The summed E-state index contributed by atoms with van der Waals surface area (Å²) in [5, 5.41) is 3.57. The first kappa shape index (κ1) is 15.9. The molecule has 0 saturated carbocycles. The Bertz CT molecular complexity index is 419. The molecule has 0 radical (unpaired) electrons. The fraction of sp³-hybridized carbons (Fsp3) is 0.625. The molecule has 1 aromatic rings. The first-order valence-corrected chi connectivity index (χ1v) is 8.38. The van der Waals surface area contributed by atoms with Gasteiger partial charge < -0.3 is 5.32 Å². The van der Waals surface area contributed by atoms with E-state index in [9.17, 15) is 4.39 Å². The third-order valence-corrected chi connectivity index (χ3v) is 4.33. The highest BCUT2D eigenvalue weighted by Crippen LogP contribution is 2.18. The predicted molar refractivity (Wildman–Crippen MR) is 85.3 cm³/mol. The number of nitrogens with zero attached hydrogens (tertiary/aromatic N) is 1. The summed E-state index contributed by atoms with van der Waals surface area (Å²) in [6.07, 6.45) is 4.93. The first-order valence-electron chi connectivity index (χ1n) is 7.58. The summed E-state index contributed by atoms with van der Waals surface area (Å²) in [6, 6.07) is 5.92. The molecule has 112 valence electrons. The average Bonchev–Trinajstić information content (AvgIpc) is 2.43. The second kappa shape index (κ2) is 8.11. The van der Waals surface area contributed by atoms with Gasteiger partial charge in [-0.2, -0.15) is 0 Å². The van der Waals surface area contributed by atoms with Crippen LogP contribution in [0.4, 0.5) is 4.39 Å². The first-order chi connectivity index (χ1) is 9.69. The van der Waals surface area contributed by atoms with Crippen molar-refractivity contribution in [1.82, 2.24) is 10.2 Å². The molecule has 0 spiro atoms. The highest BCUT2D eigenvalue weighted by atomic mass is 79.9. The number of hydrogen-bond donors (Lipinski definition) is 1. The Morgan fingerprint density at radius 3 is 2.90 bits per heavy atom. The molecule has 2 nitrogen and oxygen atoms in total. The van der Waals surface area contributed by atoms with Gasteiger partial charge in [-0.1, -0.05) is 35.3 Å². The molecule has 1 N–H and O–H groups in total. The Kier molecular flexibility index (Phi) is 6.46. The summed E-state index contributed by atoms with van der Waals surface area (Å²) in [5.41, 5.74) is 0.789. The molecule has 1 saturated heterocycles. The largest absolute Gasteiger partial charge is 0.313 e. The van der Waals surface area contributed by atoms with Gasteiger partial charge in [0, 0.05) is 29.2 Å². The zero-order valence-corrected chi connectivity index (χ0v) is 13.8. The van der Waals surface area contributed by atoms with E-state index in [1.807, 2.05) is 12.1 Å². The number of hydrogen-bond acceptors (Lipinski definition) is 2. The Balaban J connectivity index is 1.96. The summed E-state index contributed by atoms with van der Waals surface area (Å²) in [7, 11) is 0. The van der Waals surface area contributed by atoms with Crippen LogP contribution in [-0.2, 0) is 6.54 Å². The molecule has 0 aromatic heterocycles. The van der Waals surface area contributed by atoms with E-state index < -0.39 is 0 Å². The minimum atomic E-state index is -0.114. The van der Waals surface area contributed by atoms with Crippen LogP contribution in [0.1, 0.15) is 38.2 Å². The van der Waals surface area contributed by atoms with Crippen molar-refractivity contribution in [1.29, 1.82) is 0 Å². The van der Waals surface area contributed by atoms with Gasteiger partial charge in [0.25, 0.3) is 0 Å². The van der Waals surface area contributed by atoms with Crippen LogP contribution in [0.15, 0.2) is 22.7 Å². The van der Waals surface area contributed by atoms with E-state index in [4.69, 9.17) is 0 Å². The molecule has 2 rings (SSSR count). The SMILES string of the molecule is CCCN(Cc1ccc(Br)cc1F)CC1CCCCN1. The van der Waals surface area contributed by atoms with Gasteiger partial charge >= 0.3 is 0 Å². The average molecular weight is 343 g/mol. The Morgan fingerprint density at radius 2 is 2.25 bits per heavy atom. The third kappa shape index (κ3) is 4.83. The van der Waals surface area contributed by atoms with E-state index in [1.165, 1.54) is 19.3 Å². The van der Waals surface area contributed by atoms with Gasteiger partial charge in [-0.15, -0.1) is 0 Å². The fourth-order valence-corrected chi connectivity index (χ4v) is 3.17. The smallest absolute Gasteiger partial charge is 0.128 e. The maximum Gasteiger partial charge on any atom is 0.128 e. The van der Waals surface area contributed by atoms with Gasteiger partial charge in [-0.25, -0.2) is 4.39 Å². The molecule has 20 heavy (non-hydrogen) atoms. The lowest BCUT2D eigenvalue weighted by Crippen LogP contribution is -2.43. The summed E-state index contributed by atoms with van der Waals surface area (Å²) >= 11 is 3.31. The monoisotopic (exact) mass is 342 g/mol. The lowest BCUT2D eigenvalue weighted by atomic mass is 10.0. The van der Waals surface area contributed by atoms with Crippen molar-refractivity contribution >= 4 is 15.9 Å². The predicted octanol–water partition coefficient (Wildman–Crippen LogP) is 3.94. The van der Waals surface area contributed by atoms with E-state index >= 15 is 0 Å². The van der Waals surface area contributed by atoms with E-state index in [2.05, 4.69) is 33.1 Å². The van der Waals surface area contributed by atoms with Crippen molar-refractivity contribution in [2.24, 2.45) is 0 Å². The van der Waals surface area contributed by atoms with Gasteiger partial charge in [0.15, 0.2) is 0 Å². The van der Waals surface area contributed by atoms with Crippen LogP contribution in [0.5, 0.6) is 0 Å². The number of rotatable bonds is 6. The molecule has 0 bridgehead atoms. The molecule has 0 amide bonds. The van der Waals surface area contributed by atoms with Crippen LogP contribution < -0.4 is 5.32 Å². The number of piperidine rings is 1. The van der Waals surface area contributed by atoms with Crippen LogP contribution >= 0.6 is 15.9 Å². The molecule has 1 aliphatic heterocycles. The van der Waals surface area contributed by atoms with E-state index in [-0.39, 0.29) is 5.82 Å². The Labute approximate surface area is 129 Å². The molecule has 1 fully saturated rings. The molecule has 1 atom stereocenters. The Morgan fingerprint density at radius 1 is 1.40 bits per heavy atom. The summed E-state index contributed by atoms with van der Waals surface area (Å²) < 4.78 is 14.8. The number of nitrogens with one attached hydrogen (secondary N) is 1. The van der Waals surface area contributed by atoms with Crippen molar-refractivity contribution in [2.75, 3.05) is 19.6 Å². The summed E-state index contributed by atoms with van der Waals surface area (Å²) in [4.78, 5) is 2.37. The standard InChI is InChI=1S/C16H24BrFN2/c1-2-9-20(12-15-5-3-4-8-19-15)11-13-6-7-14(17)10-16(13)18/h6-7,10,15,19H,2-5,8-9,11-12H2,1H3. The van der Waals surface area contributed by atoms with Crippen LogP contribution in [0.25, 0.3) is 0 Å². The zero-order valence-electron chi connectivity index (χ0n) is 12.2. The topological polar surface area (TPSA) is 15.3 Å². The van der Waals surface area contributed by atoms with Crippen LogP contribution in [0.2, 0.25) is 0 Å². The van der Waals surface area contributed by atoms with Gasteiger partial charge in [0.05, 0.1) is 0 Å². The normalized spacial score (nSPS) is 19.5. The van der Waals surface area contributed by atoms with Crippen molar-refractivity contribution in [3.63, 3.8) is 0 Å². The highest BCUT2D eigenvalue weighted by Gasteiger charge is 2.17. The van der Waals surface area contributed by atoms with Crippen molar-refractivity contribution in [3.05, 3.63) is 34.1 Å². The van der Waals surface area contributed by atoms with Gasteiger partial charge in [-0.3, -0.25) is 4.90 Å². The van der Waals surface area contributed by atoms with Crippen LogP contribution in [-0.4, -0.2) is 30.6 Å². The second-order valence-electron chi connectivity index (χ2n) is 5.62. The number of benzene rings is 1. The zero-order chi connectivity index (χ0) is 14.4. The fourth-order valence-electron chi connectivity index (χ4n) is 2.83. The lowest BCUT2D eigenvalue weighted by Gasteiger charge is -2.30. The lowest BCUT2D eigenvalue weighted by molar-refractivity contribution is 0.215. The quantitative estimate of drug-likeness (QED) is 0.842. The maximum atomic E-state index is 14.0. The van der Waals surface area contributed by atoms with Crippen molar-refractivity contribution < 1.29 is 4.39 Å². The van der Waals surface area contributed by atoms with Gasteiger partial charge in [-0.05, 0) is 44.5 Å². The minimum absolute atomic E-state index is 0.114. The number of halogens is 2. The molecule has 1 aromatic carbocycles. The molecule has 1 unspecified atom stereocenters. The van der Waals surface area contributed by atoms with Crippen molar-refractivity contribution in [3.8, 4) is 0 Å². The summed E-state index contributed by atoms with van der Waals surface area (Å²) in [6.45, 7) is 6.04. The molecular formula is C16H24BrFN2. The van der Waals surface area contributed by atoms with Crippen LogP contribution in [0.3, 0.4) is 0 Å². The molecule has 1 aliphatic rings. The molecular weight excluding hydrogens is 319 g/mol. The van der Waals surface area contributed by atoms with E-state index in [0.717, 1.165) is 36.1 Å². The summed E-state index contributed by atoms with van der Waals surface area (Å²) in [5.74, 6) is -0.114. The van der Waals surface area contributed by atoms with Crippen LogP contribution in [0, 0.1) is 5.82 Å². The molecule has 4 heteroatoms. The molecule has 0 aliphatic carbocycles. The van der Waals surface area contributed by atoms with E-state index in [1.54, 1.807) is 6.07 Å². The molecule has 1 heterocycles. The van der Waals surface area contributed by atoms with E-state index in [0.29, 0.717) is 12.6 Å². The Hall–Kier alpha value is -0.450. The minimum Gasteiger partial charge on any atom is -0.313 e. The second-order valence-corrected chi connectivity index (χ2v) is 6.53.